The van der Waals surface area contributed by atoms with Gasteiger partial charge in [0, 0.05) is 16.0 Å². The number of ether oxygens (including phenoxy) is 2. The van der Waals surface area contributed by atoms with Crippen LogP contribution in [0.2, 0.25) is 0 Å². The van der Waals surface area contributed by atoms with Crippen molar-refractivity contribution in [1.82, 2.24) is 4.98 Å². The molecule has 0 spiro atoms. The van der Waals surface area contributed by atoms with E-state index in [9.17, 15) is 4.79 Å². The van der Waals surface area contributed by atoms with Gasteiger partial charge in [-0.05, 0) is 58.7 Å². The molecule has 0 saturated heterocycles. The Balaban J connectivity index is 1.47. The highest BCUT2D eigenvalue weighted by atomic mass is 79.9. The van der Waals surface area contributed by atoms with Gasteiger partial charge in [0.1, 0.15) is 24.7 Å². The highest BCUT2D eigenvalue weighted by Gasteiger charge is 2.31. The van der Waals surface area contributed by atoms with Gasteiger partial charge in [-0.25, -0.2) is 4.98 Å². The van der Waals surface area contributed by atoms with Gasteiger partial charge in [-0.15, -0.1) is 11.3 Å². The summed E-state index contributed by atoms with van der Waals surface area (Å²) in [6, 6.07) is 15.2. The summed E-state index contributed by atoms with van der Waals surface area (Å²) in [5, 5.41) is 0. The van der Waals surface area contributed by atoms with E-state index in [1.165, 1.54) is 0 Å². The van der Waals surface area contributed by atoms with Crippen LogP contribution < -0.4 is 9.47 Å². The Hall–Kier alpha value is -2.44. The minimum atomic E-state index is -0.0432. The van der Waals surface area contributed by atoms with Crippen molar-refractivity contribution in [2.45, 2.75) is 6.92 Å². The summed E-state index contributed by atoms with van der Waals surface area (Å²) in [7, 11) is 0. The zero-order chi connectivity index (χ0) is 18.8. The van der Waals surface area contributed by atoms with Gasteiger partial charge in [0.05, 0.1) is 15.7 Å². The zero-order valence-corrected chi connectivity index (χ0v) is 17.0. The van der Waals surface area contributed by atoms with Gasteiger partial charge in [0.2, 0.25) is 5.78 Å². The number of para-hydroxylation sites is 1. The topological polar surface area (TPSA) is 48.4 Å². The molecular weight excluding hydrogens is 426 g/mol. The zero-order valence-electron chi connectivity index (χ0n) is 14.6. The number of hydrogen-bond donors (Lipinski definition) is 0. The number of nitrogens with zero attached hydrogens (tertiary/aromatic N) is 1. The second kappa shape index (κ2) is 7.66. The van der Waals surface area contributed by atoms with Crippen molar-refractivity contribution >= 4 is 38.6 Å². The first-order valence-corrected chi connectivity index (χ1v) is 10.1. The highest BCUT2D eigenvalue weighted by molar-refractivity contribution is 9.12. The summed E-state index contributed by atoms with van der Waals surface area (Å²) in [6.07, 6.45) is 0. The summed E-state index contributed by atoms with van der Waals surface area (Å²) in [5.74, 6) is 1.41. The molecule has 4 rings (SSSR count). The fraction of sp³-hybridized carbons (Fsp3) is 0.143. The first-order valence-electron chi connectivity index (χ1n) is 8.45. The van der Waals surface area contributed by atoms with Crippen molar-refractivity contribution in [3.8, 4) is 11.5 Å². The Labute approximate surface area is 169 Å². The van der Waals surface area contributed by atoms with E-state index in [4.69, 9.17) is 9.47 Å². The van der Waals surface area contributed by atoms with Gasteiger partial charge in [-0.2, -0.15) is 0 Å². The average Bonchev–Trinajstić information content (AvgIpc) is 3.21. The van der Waals surface area contributed by atoms with E-state index in [1.807, 2.05) is 49.4 Å². The maximum atomic E-state index is 12.7. The molecule has 0 bridgehead atoms. The lowest BCUT2D eigenvalue weighted by Crippen LogP contribution is -2.09. The number of allylic oxidation sites excluding steroid dienone is 1. The van der Waals surface area contributed by atoms with Crippen LogP contribution in [-0.2, 0) is 0 Å². The summed E-state index contributed by atoms with van der Waals surface area (Å²) in [5.41, 5.74) is 5.01. The number of carbonyl (C=O) groups is 1. The molecule has 136 valence electrons. The van der Waals surface area contributed by atoms with Crippen LogP contribution in [0.25, 0.3) is 5.57 Å². The van der Waals surface area contributed by atoms with E-state index in [2.05, 4.69) is 20.9 Å². The van der Waals surface area contributed by atoms with Crippen LogP contribution in [0.5, 0.6) is 11.5 Å². The van der Waals surface area contributed by atoms with E-state index in [0.29, 0.717) is 29.0 Å². The van der Waals surface area contributed by atoms with Crippen molar-refractivity contribution in [3.05, 3.63) is 80.2 Å². The molecule has 0 radical (unpaired) electrons. The number of Topliss-reactive ketones (excluding diaryl/α,β-unsaturated/α-hetero) is 1. The third-order valence-electron chi connectivity index (χ3n) is 4.27. The second-order valence-electron chi connectivity index (χ2n) is 5.99. The maximum absolute atomic E-state index is 12.7. The molecule has 6 heteroatoms. The lowest BCUT2D eigenvalue weighted by Gasteiger charge is -2.10. The van der Waals surface area contributed by atoms with Crippen LogP contribution in [0.3, 0.4) is 0 Å². The Morgan fingerprint density at radius 3 is 2.44 bits per heavy atom. The summed E-state index contributed by atoms with van der Waals surface area (Å²) < 4.78 is 11.9. The third-order valence-corrected chi connectivity index (χ3v) is 5.78. The van der Waals surface area contributed by atoms with E-state index >= 15 is 0 Å². The average molecular weight is 442 g/mol. The predicted octanol–water partition coefficient (Wildman–Crippen LogP) is 5.26. The quantitative estimate of drug-likeness (QED) is 0.489. The van der Waals surface area contributed by atoms with Crippen molar-refractivity contribution < 1.29 is 14.3 Å². The van der Waals surface area contributed by atoms with Crippen molar-refractivity contribution in [2.75, 3.05) is 13.2 Å². The van der Waals surface area contributed by atoms with E-state index < -0.39 is 0 Å². The Morgan fingerprint density at radius 1 is 1.00 bits per heavy atom. The van der Waals surface area contributed by atoms with Gasteiger partial charge in [0.15, 0.2) is 0 Å². The molecule has 0 aliphatic heterocycles. The number of aryl methyl sites for hydroxylation is 1. The van der Waals surface area contributed by atoms with Crippen molar-refractivity contribution in [2.24, 2.45) is 0 Å². The first kappa shape index (κ1) is 17.9. The lowest BCUT2D eigenvalue weighted by molar-refractivity contribution is 0.104. The van der Waals surface area contributed by atoms with Gasteiger partial charge in [-0.3, -0.25) is 4.79 Å². The van der Waals surface area contributed by atoms with Crippen LogP contribution >= 0.6 is 27.3 Å². The van der Waals surface area contributed by atoms with Gasteiger partial charge in [0.25, 0.3) is 0 Å². The number of halogens is 1. The smallest absolute Gasteiger partial charge is 0.201 e. The standard InChI is InChI=1S/C21H16BrNO3S/c1-13-20(23-12-27-13)18-16-8-7-15(11-17(16)21(24)19(18)22)26-10-9-25-14-5-3-2-4-6-14/h2-8,11-12H,9-10H2,1H3. The molecule has 1 aliphatic rings. The number of aromatic nitrogens is 1. The number of hydrogen-bond acceptors (Lipinski definition) is 5. The van der Waals surface area contributed by atoms with Crippen LogP contribution in [-0.4, -0.2) is 24.0 Å². The predicted molar refractivity (Wildman–Crippen MR) is 110 cm³/mol. The fourth-order valence-electron chi connectivity index (χ4n) is 2.98. The van der Waals surface area contributed by atoms with Gasteiger partial charge >= 0.3 is 0 Å². The van der Waals surface area contributed by atoms with Gasteiger partial charge in [-0.1, -0.05) is 18.2 Å². The van der Waals surface area contributed by atoms with Crippen LogP contribution in [0.1, 0.15) is 26.5 Å². The molecule has 1 aliphatic carbocycles. The SMILES string of the molecule is Cc1scnc1C1=C(Br)C(=O)c2cc(OCCOc3ccccc3)ccc21. The number of fused-ring (bicyclic) bond motifs is 1. The Kier molecular flexibility index (Phi) is 5.09. The molecule has 0 saturated carbocycles. The molecule has 0 unspecified atom stereocenters. The second-order valence-corrected chi connectivity index (χ2v) is 7.84. The summed E-state index contributed by atoms with van der Waals surface area (Å²) in [6.45, 7) is 2.84. The molecule has 0 N–H and O–H groups in total. The molecule has 1 aromatic heterocycles. The molecule has 3 aromatic rings. The molecule has 0 fully saturated rings. The molecule has 0 atom stereocenters. The number of carbonyl (C=O) groups excluding carboxylic acids is 1. The van der Waals surface area contributed by atoms with Crippen molar-refractivity contribution in [1.29, 1.82) is 0 Å². The first-order chi connectivity index (χ1) is 13.1. The van der Waals surface area contributed by atoms with Crippen LogP contribution in [0.15, 0.2) is 58.5 Å². The minimum absolute atomic E-state index is 0.0432. The Bertz CT molecular complexity index is 1030. The Morgan fingerprint density at radius 2 is 1.74 bits per heavy atom. The lowest BCUT2D eigenvalue weighted by atomic mass is 10.0. The van der Waals surface area contributed by atoms with E-state index in [-0.39, 0.29) is 5.78 Å². The largest absolute Gasteiger partial charge is 0.490 e. The number of thiazole rings is 1. The van der Waals surface area contributed by atoms with Crippen molar-refractivity contribution in [3.63, 3.8) is 0 Å². The molecule has 27 heavy (non-hydrogen) atoms. The van der Waals surface area contributed by atoms with Crippen LogP contribution in [0.4, 0.5) is 0 Å². The molecule has 0 amide bonds. The van der Waals surface area contributed by atoms with Gasteiger partial charge < -0.3 is 9.47 Å². The number of benzene rings is 2. The van der Waals surface area contributed by atoms with E-state index in [1.54, 1.807) is 22.9 Å². The normalized spacial score (nSPS) is 13.0. The third kappa shape index (κ3) is 3.55. The molecule has 4 nitrogen and oxygen atoms in total. The minimum Gasteiger partial charge on any atom is -0.490 e. The number of ketones is 1. The highest BCUT2D eigenvalue weighted by Crippen LogP contribution is 2.42. The molecular formula is C21H16BrNO3S. The summed E-state index contributed by atoms with van der Waals surface area (Å²) in [4.78, 5) is 18.2. The fourth-order valence-corrected chi connectivity index (χ4v) is 4.18. The maximum Gasteiger partial charge on any atom is 0.201 e. The monoisotopic (exact) mass is 441 g/mol. The summed E-state index contributed by atoms with van der Waals surface area (Å²) >= 11 is 5.02. The number of rotatable bonds is 6. The molecule has 2 aromatic carbocycles. The van der Waals surface area contributed by atoms with Crippen LogP contribution in [0, 0.1) is 6.92 Å². The molecule has 1 heterocycles. The van der Waals surface area contributed by atoms with E-state index in [0.717, 1.165) is 27.5 Å².